The van der Waals surface area contributed by atoms with Crippen LogP contribution >= 0.6 is 24.0 Å². The molecule has 1 aromatic carbocycles. The number of aliphatic imine (C=N–C) groups is 1. The van der Waals surface area contributed by atoms with Crippen LogP contribution in [0.2, 0.25) is 0 Å². The predicted molar refractivity (Wildman–Crippen MR) is 126 cm³/mol. The molecule has 0 aromatic heterocycles. The number of guanidine groups is 1. The van der Waals surface area contributed by atoms with Gasteiger partial charge in [0.05, 0.1) is 4.90 Å². The Morgan fingerprint density at radius 2 is 1.75 bits per heavy atom. The van der Waals surface area contributed by atoms with Crippen LogP contribution in [-0.2, 0) is 14.8 Å². The molecule has 3 N–H and O–H groups in total. The molecule has 0 saturated carbocycles. The molecule has 9 heteroatoms. The first-order valence-electron chi connectivity index (χ1n) is 9.50. The second kappa shape index (κ2) is 15.0. The SMILES string of the molecule is CCCCOCCCNC(=NC)NCCNS(=O)(=O)c1cc(C)ccc1C.I. The molecule has 0 amide bonds. The van der Waals surface area contributed by atoms with E-state index in [0.29, 0.717) is 17.4 Å². The summed E-state index contributed by atoms with van der Waals surface area (Å²) in [5, 5.41) is 6.29. The number of unbranched alkanes of at least 4 members (excludes halogenated alkanes) is 1. The summed E-state index contributed by atoms with van der Waals surface area (Å²) in [6.45, 7) is 8.81. The van der Waals surface area contributed by atoms with Gasteiger partial charge in [-0.2, -0.15) is 0 Å². The van der Waals surface area contributed by atoms with Crippen molar-refractivity contribution >= 4 is 40.0 Å². The lowest BCUT2D eigenvalue weighted by Gasteiger charge is -2.13. The summed E-state index contributed by atoms with van der Waals surface area (Å²) in [7, 11) is -1.83. The zero-order valence-electron chi connectivity index (χ0n) is 17.4. The number of sulfonamides is 1. The molecule has 1 rings (SSSR count). The van der Waals surface area contributed by atoms with Gasteiger partial charge in [0.25, 0.3) is 0 Å². The van der Waals surface area contributed by atoms with E-state index in [1.165, 1.54) is 0 Å². The highest BCUT2D eigenvalue weighted by Gasteiger charge is 2.16. The smallest absolute Gasteiger partial charge is 0.240 e. The molecule has 28 heavy (non-hydrogen) atoms. The minimum absolute atomic E-state index is 0. The fraction of sp³-hybridized carbons (Fsp3) is 0.632. The van der Waals surface area contributed by atoms with Gasteiger partial charge in [-0.1, -0.05) is 25.5 Å². The van der Waals surface area contributed by atoms with E-state index in [1.807, 2.05) is 19.1 Å². The molecule has 162 valence electrons. The lowest BCUT2D eigenvalue weighted by atomic mass is 10.2. The normalized spacial score (nSPS) is 11.8. The zero-order chi connectivity index (χ0) is 20.1. The molecule has 1 aromatic rings. The third-order valence-corrected chi connectivity index (χ3v) is 5.57. The zero-order valence-corrected chi connectivity index (χ0v) is 20.5. The van der Waals surface area contributed by atoms with E-state index in [4.69, 9.17) is 4.74 Å². The lowest BCUT2D eigenvalue weighted by molar-refractivity contribution is 0.129. The number of ether oxygens (including phenoxy) is 1. The van der Waals surface area contributed by atoms with Crippen LogP contribution in [0.25, 0.3) is 0 Å². The monoisotopic (exact) mass is 526 g/mol. The Balaban J connectivity index is 0.00000729. The molecule has 0 bridgehead atoms. The molecular weight excluding hydrogens is 491 g/mol. The Bertz CT molecular complexity index is 696. The van der Waals surface area contributed by atoms with E-state index < -0.39 is 10.0 Å². The number of benzene rings is 1. The molecule has 0 atom stereocenters. The van der Waals surface area contributed by atoms with Gasteiger partial charge in [0.1, 0.15) is 0 Å². The molecule has 0 aliphatic heterocycles. The van der Waals surface area contributed by atoms with Gasteiger partial charge in [0.2, 0.25) is 10.0 Å². The fourth-order valence-corrected chi connectivity index (χ4v) is 3.75. The van der Waals surface area contributed by atoms with Crippen molar-refractivity contribution in [3.05, 3.63) is 29.3 Å². The number of nitrogens with zero attached hydrogens (tertiary/aromatic N) is 1. The van der Waals surface area contributed by atoms with Gasteiger partial charge >= 0.3 is 0 Å². The van der Waals surface area contributed by atoms with Crippen molar-refractivity contribution in [1.82, 2.24) is 15.4 Å². The third-order valence-electron chi connectivity index (χ3n) is 3.97. The maximum Gasteiger partial charge on any atom is 0.240 e. The van der Waals surface area contributed by atoms with Crippen molar-refractivity contribution in [3.63, 3.8) is 0 Å². The largest absolute Gasteiger partial charge is 0.381 e. The molecular formula is C19H35IN4O3S. The summed E-state index contributed by atoms with van der Waals surface area (Å²) in [6, 6.07) is 5.41. The first-order valence-corrected chi connectivity index (χ1v) is 11.0. The molecule has 0 spiro atoms. The van der Waals surface area contributed by atoms with Crippen LogP contribution in [0, 0.1) is 13.8 Å². The minimum Gasteiger partial charge on any atom is -0.381 e. The van der Waals surface area contributed by atoms with Crippen molar-refractivity contribution in [2.45, 2.75) is 44.9 Å². The van der Waals surface area contributed by atoms with Crippen molar-refractivity contribution < 1.29 is 13.2 Å². The summed E-state index contributed by atoms with van der Waals surface area (Å²) in [5.74, 6) is 0.648. The van der Waals surface area contributed by atoms with E-state index in [-0.39, 0.29) is 30.5 Å². The van der Waals surface area contributed by atoms with Gasteiger partial charge in [-0.25, -0.2) is 13.1 Å². The molecule has 7 nitrogen and oxygen atoms in total. The van der Waals surface area contributed by atoms with Gasteiger partial charge in [0, 0.05) is 39.9 Å². The fourth-order valence-electron chi connectivity index (χ4n) is 2.39. The summed E-state index contributed by atoms with van der Waals surface area (Å²) in [5.41, 5.74) is 1.65. The maximum atomic E-state index is 12.4. The van der Waals surface area contributed by atoms with Crippen LogP contribution in [0.4, 0.5) is 0 Å². The Morgan fingerprint density at radius 3 is 2.43 bits per heavy atom. The Morgan fingerprint density at radius 1 is 1.07 bits per heavy atom. The predicted octanol–water partition coefficient (Wildman–Crippen LogP) is 2.57. The maximum absolute atomic E-state index is 12.4. The Labute approximate surface area is 187 Å². The molecule has 0 unspecified atom stereocenters. The molecule has 0 radical (unpaired) electrons. The topological polar surface area (TPSA) is 91.8 Å². The summed E-state index contributed by atoms with van der Waals surface area (Å²) >= 11 is 0. The Hall–Kier alpha value is -0.910. The molecule has 0 fully saturated rings. The average molecular weight is 526 g/mol. The number of nitrogens with one attached hydrogen (secondary N) is 3. The highest BCUT2D eigenvalue weighted by Crippen LogP contribution is 2.16. The molecule has 0 aliphatic carbocycles. The van der Waals surface area contributed by atoms with Gasteiger partial charge in [-0.15, -0.1) is 24.0 Å². The number of rotatable bonds is 12. The number of halogens is 1. The highest BCUT2D eigenvalue weighted by atomic mass is 127. The van der Waals surface area contributed by atoms with E-state index in [9.17, 15) is 8.42 Å². The van der Waals surface area contributed by atoms with Crippen LogP contribution in [0.15, 0.2) is 28.1 Å². The van der Waals surface area contributed by atoms with Gasteiger partial charge < -0.3 is 15.4 Å². The standard InChI is InChI=1S/C19H34N4O3S.HI/c1-5-6-13-26-14-7-10-21-19(20-4)22-11-12-23-27(24,25)18-15-16(2)8-9-17(18)3;/h8-9,15,23H,5-7,10-14H2,1-4H3,(H2,20,21,22);1H. The van der Waals surface area contributed by atoms with Crippen LogP contribution in [0.3, 0.4) is 0 Å². The van der Waals surface area contributed by atoms with E-state index in [2.05, 4.69) is 27.3 Å². The minimum atomic E-state index is -3.52. The van der Waals surface area contributed by atoms with Gasteiger partial charge in [-0.3, -0.25) is 4.99 Å². The summed E-state index contributed by atoms with van der Waals surface area (Å²) in [6.07, 6.45) is 3.13. The van der Waals surface area contributed by atoms with Crippen molar-refractivity contribution in [3.8, 4) is 0 Å². The second-order valence-electron chi connectivity index (χ2n) is 6.41. The first kappa shape index (κ1) is 27.1. The van der Waals surface area contributed by atoms with Crippen molar-refractivity contribution in [1.29, 1.82) is 0 Å². The van der Waals surface area contributed by atoms with Gasteiger partial charge in [-0.05, 0) is 43.9 Å². The van der Waals surface area contributed by atoms with E-state index >= 15 is 0 Å². The molecule has 0 aliphatic rings. The molecule has 0 heterocycles. The summed E-state index contributed by atoms with van der Waals surface area (Å²) in [4.78, 5) is 4.46. The van der Waals surface area contributed by atoms with Crippen LogP contribution < -0.4 is 15.4 Å². The van der Waals surface area contributed by atoms with Crippen molar-refractivity contribution in [2.75, 3.05) is 39.9 Å². The van der Waals surface area contributed by atoms with Gasteiger partial charge in [0.15, 0.2) is 5.96 Å². The number of hydrogen-bond donors (Lipinski definition) is 3. The number of aryl methyl sites for hydroxylation is 2. The second-order valence-corrected chi connectivity index (χ2v) is 8.15. The van der Waals surface area contributed by atoms with Crippen LogP contribution in [-0.4, -0.2) is 54.3 Å². The quantitative estimate of drug-likeness (QED) is 0.169. The summed E-state index contributed by atoms with van der Waals surface area (Å²) < 4.78 is 33.0. The highest BCUT2D eigenvalue weighted by molar-refractivity contribution is 14.0. The molecule has 0 saturated heterocycles. The average Bonchev–Trinajstić information content (AvgIpc) is 2.64. The first-order chi connectivity index (χ1) is 12.9. The number of hydrogen-bond acceptors (Lipinski definition) is 4. The lowest BCUT2D eigenvalue weighted by Crippen LogP contribution is -2.42. The van der Waals surface area contributed by atoms with Crippen LogP contribution in [0.1, 0.15) is 37.3 Å². The van der Waals surface area contributed by atoms with Crippen molar-refractivity contribution in [2.24, 2.45) is 4.99 Å². The Kier molecular flexibility index (Phi) is 14.5. The van der Waals surface area contributed by atoms with Crippen LogP contribution in [0.5, 0.6) is 0 Å². The third kappa shape index (κ3) is 10.6. The van der Waals surface area contributed by atoms with E-state index in [1.54, 1.807) is 20.0 Å². The van der Waals surface area contributed by atoms with E-state index in [0.717, 1.165) is 50.1 Å².